The molecule has 4 heteroatoms. The summed E-state index contributed by atoms with van der Waals surface area (Å²) in [7, 11) is 0. The van der Waals surface area contributed by atoms with Crippen LogP contribution < -0.4 is 0 Å². The fourth-order valence-electron chi connectivity index (χ4n) is 2.25. The molecule has 1 heterocycles. The van der Waals surface area contributed by atoms with Gasteiger partial charge in [0.05, 0.1) is 4.47 Å². The van der Waals surface area contributed by atoms with Crippen LogP contribution in [0.25, 0.3) is 11.0 Å². The van der Waals surface area contributed by atoms with Crippen molar-refractivity contribution in [3.05, 3.63) is 33.5 Å². The molecule has 17 heavy (non-hydrogen) atoms. The van der Waals surface area contributed by atoms with E-state index in [1.165, 1.54) is 0 Å². The first-order chi connectivity index (χ1) is 8.08. The summed E-state index contributed by atoms with van der Waals surface area (Å²) in [6.07, 6.45) is 2.11. The Hall–Kier alpha value is -1.29. The largest absolute Gasteiger partial charge is 0.475 e. The maximum Gasteiger partial charge on any atom is 0.372 e. The van der Waals surface area contributed by atoms with Gasteiger partial charge in [-0.25, -0.2) is 4.79 Å². The number of carboxylic acid groups (broad SMARTS) is 1. The van der Waals surface area contributed by atoms with Crippen molar-refractivity contribution in [2.45, 2.75) is 25.7 Å². The number of furan rings is 1. The van der Waals surface area contributed by atoms with Gasteiger partial charge in [-0.15, -0.1) is 0 Å². The molecular weight excluding hydrogens is 284 g/mol. The zero-order valence-corrected chi connectivity index (χ0v) is 10.9. The van der Waals surface area contributed by atoms with Crippen molar-refractivity contribution in [2.75, 3.05) is 0 Å². The standard InChI is InChI=1S/C13H11BrO3/c1-6-4-8-10(7-2-3-7)12(13(15)16)17-11(8)9(14)5-6/h4-5,7H,2-3H2,1H3,(H,15,16). The summed E-state index contributed by atoms with van der Waals surface area (Å²) in [6.45, 7) is 1.99. The number of aromatic carboxylic acids is 1. The Morgan fingerprint density at radius 3 is 2.76 bits per heavy atom. The molecule has 0 radical (unpaired) electrons. The van der Waals surface area contributed by atoms with Crippen LogP contribution in [0.4, 0.5) is 0 Å². The first-order valence-electron chi connectivity index (χ1n) is 5.53. The van der Waals surface area contributed by atoms with Crippen LogP contribution in [0.1, 0.15) is 40.4 Å². The number of benzene rings is 1. The number of hydrogen-bond donors (Lipinski definition) is 1. The monoisotopic (exact) mass is 294 g/mol. The molecule has 1 fully saturated rings. The molecule has 88 valence electrons. The lowest BCUT2D eigenvalue weighted by atomic mass is 10.0. The maximum atomic E-state index is 11.2. The number of aryl methyl sites for hydroxylation is 1. The van der Waals surface area contributed by atoms with E-state index in [4.69, 9.17) is 4.42 Å². The zero-order valence-electron chi connectivity index (χ0n) is 9.29. The Morgan fingerprint density at radius 2 is 2.18 bits per heavy atom. The second-order valence-corrected chi connectivity index (χ2v) is 5.40. The van der Waals surface area contributed by atoms with Gasteiger partial charge in [0.2, 0.25) is 5.76 Å². The molecule has 1 saturated carbocycles. The summed E-state index contributed by atoms with van der Waals surface area (Å²) < 4.78 is 6.32. The first kappa shape index (κ1) is 10.8. The van der Waals surface area contributed by atoms with Gasteiger partial charge >= 0.3 is 5.97 Å². The average Bonchev–Trinajstić information content (AvgIpc) is 2.99. The van der Waals surface area contributed by atoms with E-state index < -0.39 is 5.97 Å². The number of carboxylic acids is 1. The van der Waals surface area contributed by atoms with Crippen molar-refractivity contribution >= 4 is 32.9 Å². The molecule has 2 aromatic rings. The summed E-state index contributed by atoms with van der Waals surface area (Å²) in [5.74, 6) is -0.516. The van der Waals surface area contributed by atoms with Crippen LogP contribution in [0.3, 0.4) is 0 Å². The summed E-state index contributed by atoms with van der Waals surface area (Å²) in [4.78, 5) is 11.2. The highest BCUT2D eigenvalue weighted by Gasteiger charge is 2.33. The quantitative estimate of drug-likeness (QED) is 0.908. The minimum absolute atomic E-state index is 0.105. The minimum atomic E-state index is -0.979. The van der Waals surface area contributed by atoms with Crippen LogP contribution in [0.5, 0.6) is 0 Å². The predicted octanol–water partition coefficient (Wildman–Crippen LogP) is 4.08. The molecule has 1 aromatic carbocycles. The Morgan fingerprint density at radius 1 is 1.47 bits per heavy atom. The smallest absolute Gasteiger partial charge is 0.372 e. The lowest BCUT2D eigenvalue weighted by Crippen LogP contribution is -1.97. The second kappa shape index (κ2) is 3.60. The highest BCUT2D eigenvalue weighted by Crippen LogP contribution is 2.47. The fourth-order valence-corrected chi connectivity index (χ4v) is 2.90. The molecule has 1 aliphatic rings. The van der Waals surface area contributed by atoms with Gasteiger partial charge in [-0.1, -0.05) is 0 Å². The molecule has 1 N–H and O–H groups in total. The first-order valence-corrected chi connectivity index (χ1v) is 6.33. The third-order valence-electron chi connectivity index (χ3n) is 3.11. The molecule has 0 saturated heterocycles. The van der Waals surface area contributed by atoms with Crippen LogP contribution in [-0.2, 0) is 0 Å². The number of halogens is 1. The summed E-state index contributed by atoms with van der Waals surface area (Å²) in [5.41, 5.74) is 2.62. The van der Waals surface area contributed by atoms with Gasteiger partial charge in [0.15, 0.2) is 0 Å². The summed E-state index contributed by atoms with van der Waals surface area (Å²) >= 11 is 3.43. The molecule has 0 atom stereocenters. The van der Waals surface area contributed by atoms with Crippen LogP contribution in [0, 0.1) is 6.92 Å². The summed E-state index contributed by atoms with van der Waals surface area (Å²) in [5, 5.41) is 10.1. The molecule has 0 spiro atoms. The molecule has 3 nitrogen and oxygen atoms in total. The molecule has 0 unspecified atom stereocenters. The number of carbonyl (C=O) groups is 1. The third-order valence-corrected chi connectivity index (χ3v) is 3.70. The van der Waals surface area contributed by atoms with Gasteiger partial charge in [-0.05, 0) is 59.3 Å². The minimum Gasteiger partial charge on any atom is -0.475 e. The number of rotatable bonds is 2. The van der Waals surface area contributed by atoms with Crippen molar-refractivity contribution in [1.82, 2.24) is 0 Å². The van der Waals surface area contributed by atoms with Crippen LogP contribution in [0.2, 0.25) is 0 Å². The Balaban J connectivity index is 2.38. The topological polar surface area (TPSA) is 50.4 Å². The van der Waals surface area contributed by atoms with Crippen molar-refractivity contribution in [3.8, 4) is 0 Å². The second-order valence-electron chi connectivity index (χ2n) is 4.55. The van der Waals surface area contributed by atoms with Crippen molar-refractivity contribution in [1.29, 1.82) is 0 Å². The van der Waals surface area contributed by atoms with Crippen LogP contribution >= 0.6 is 15.9 Å². The summed E-state index contributed by atoms with van der Waals surface area (Å²) in [6, 6.07) is 3.94. The molecule has 0 amide bonds. The lowest BCUT2D eigenvalue weighted by Gasteiger charge is -1.98. The van der Waals surface area contributed by atoms with Crippen molar-refractivity contribution < 1.29 is 14.3 Å². The van der Waals surface area contributed by atoms with Gasteiger partial charge in [0.25, 0.3) is 0 Å². The van der Waals surface area contributed by atoms with E-state index in [9.17, 15) is 9.90 Å². The van der Waals surface area contributed by atoms with E-state index >= 15 is 0 Å². The Labute approximate surface area is 107 Å². The number of fused-ring (bicyclic) bond motifs is 1. The molecule has 1 aliphatic carbocycles. The lowest BCUT2D eigenvalue weighted by molar-refractivity contribution is 0.0663. The molecule has 3 rings (SSSR count). The zero-order chi connectivity index (χ0) is 12.2. The van der Waals surface area contributed by atoms with E-state index in [1.54, 1.807) is 0 Å². The number of hydrogen-bond acceptors (Lipinski definition) is 2. The maximum absolute atomic E-state index is 11.2. The molecule has 0 bridgehead atoms. The Kier molecular flexibility index (Phi) is 2.30. The van der Waals surface area contributed by atoms with E-state index in [-0.39, 0.29) is 5.76 Å². The van der Waals surface area contributed by atoms with Crippen LogP contribution in [-0.4, -0.2) is 11.1 Å². The fraction of sp³-hybridized carbons (Fsp3) is 0.308. The van der Waals surface area contributed by atoms with Crippen LogP contribution in [0.15, 0.2) is 21.0 Å². The van der Waals surface area contributed by atoms with E-state index in [0.29, 0.717) is 11.5 Å². The van der Waals surface area contributed by atoms with Gasteiger partial charge in [-0.2, -0.15) is 0 Å². The van der Waals surface area contributed by atoms with Gasteiger partial charge in [0, 0.05) is 10.9 Å². The van der Waals surface area contributed by atoms with Gasteiger partial charge < -0.3 is 9.52 Å². The van der Waals surface area contributed by atoms with E-state index in [0.717, 1.165) is 33.8 Å². The van der Waals surface area contributed by atoms with E-state index in [1.807, 2.05) is 19.1 Å². The predicted molar refractivity (Wildman–Crippen MR) is 67.6 cm³/mol. The molecule has 1 aromatic heterocycles. The average molecular weight is 295 g/mol. The highest BCUT2D eigenvalue weighted by atomic mass is 79.9. The third kappa shape index (κ3) is 1.67. The van der Waals surface area contributed by atoms with Crippen molar-refractivity contribution in [2.24, 2.45) is 0 Å². The van der Waals surface area contributed by atoms with E-state index in [2.05, 4.69) is 15.9 Å². The highest BCUT2D eigenvalue weighted by molar-refractivity contribution is 9.10. The van der Waals surface area contributed by atoms with Crippen molar-refractivity contribution in [3.63, 3.8) is 0 Å². The molecular formula is C13H11BrO3. The molecule has 0 aliphatic heterocycles. The van der Waals surface area contributed by atoms with Gasteiger partial charge in [0.1, 0.15) is 5.58 Å². The Bertz CT molecular complexity index is 623. The van der Waals surface area contributed by atoms with Gasteiger partial charge in [-0.3, -0.25) is 0 Å². The normalized spacial score (nSPS) is 15.4. The SMILES string of the molecule is Cc1cc(Br)c2oc(C(=O)O)c(C3CC3)c2c1.